The first-order chi connectivity index (χ1) is 17.4. The van der Waals surface area contributed by atoms with Gasteiger partial charge in [0.2, 0.25) is 5.95 Å². The molecule has 11 heteroatoms. The number of rotatable bonds is 10. The lowest BCUT2D eigenvalue weighted by Gasteiger charge is -2.34. The van der Waals surface area contributed by atoms with Crippen LogP contribution in [0.15, 0.2) is 24.4 Å². The molecule has 2 saturated heterocycles. The molecule has 2 aliphatic heterocycles. The van der Waals surface area contributed by atoms with E-state index in [0.29, 0.717) is 32.7 Å². The third-order valence-corrected chi connectivity index (χ3v) is 6.59. The van der Waals surface area contributed by atoms with Crippen LogP contribution in [-0.2, 0) is 11.2 Å². The van der Waals surface area contributed by atoms with Crippen molar-refractivity contribution in [1.82, 2.24) is 19.8 Å². The van der Waals surface area contributed by atoms with E-state index in [1.165, 1.54) is 5.69 Å². The van der Waals surface area contributed by atoms with Crippen LogP contribution in [0.5, 0.6) is 0 Å². The molecule has 0 aliphatic carbocycles. The highest BCUT2D eigenvalue weighted by molar-refractivity contribution is 5.68. The summed E-state index contributed by atoms with van der Waals surface area (Å²) in [5, 5.41) is 6.21. The molecule has 0 atom stereocenters. The maximum absolute atomic E-state index is 13.6. The van der Waals surface area contributed by atoms with Gasteiger partial charge in [-0.15, -0.1) is 0 Å². The van der Waals surface area contributed by atoms with Gasteiger partial charge in [-0.1, -0.05) is 6.92 Å². The maximum Gasteiger partial charge on any atom is 0.409 e. The number of nitrogens with zero attached hydrogens (tertiary/aromatic N) is 5. The van der Waals surface area contributed by atoms with E-state index in [-0.39, 0.29) is 23.4 Å². The Labute approximate surface area is 210 Å². The van der Waals surface area contributed by atoms with Gasteiger partial charge in [0.1, 0.15) is 5.82 Å². The van der Waals surface area contributed by atoms with E-state index in [1.807, 2.05) is 6.07 Å². The molecule has 2 N–H and O–H groups in total. The van der Waals surface area contributed by atoms with Gasteiger partial charge in [-0.25, -0.2) is 18.6 Å². The fourth-order valence-electron chi connectivity index (χ4n) is 4.41. The molecule has 0 radical (unpaired) electrons. The number of carbonyl (C=O) groups excluding carboxylic acids is 1. The quantitative estimate of drug-likeness (QED) is 0.469. The van der Waals surface area contributed by atoms with Gasteiger partial charge in [0, 0.05) is 63.4 Å². The van der Waals surface area contributed by atoms with Crippen molar-refractivity contribution in [3.05, 3.63) is 35.5 Å². The highest BCUT2D eigenvalue weighted by Gasteiger charge is 2.20. The summed E-state index contributed by atoms with van der Waals surface area (Å²) in [6.07, 6.45) is 0.322. The van der Waals surface area contributed by atoms with Gasteiger partial charge in [0.05, 0.1) is 12.2 Å². The number of aryl methyl sites for hydroxylation is 1. The van der Waals surface area contributed by atoms with Gasteiger partial charge in [-0.2, -0.15) is 4.98 Å². The van der Waals surface area contributed by atoms with E-state index < -0.39 is 6.43 Å². The van der Waals surface area contributed by atoms with Crippen LogP contribution >= 0.6 is 0 Å². The second kappa shape index (κ2) is 12.2. The molecule has 1 aromatic carbocycles. The summed E-state index contributed by atoms with van der Waals surface area (Å²) >= 11 is 0. The molecule has 0 bridgehead atoms. The van der Waals surface area contributed by atoms with Crippen molar-refractivity contribution in [3.8, 4) is 0 Å². The van der Waals surface area contributed by atoms with Gasteiger partial charge in [0.25, 0.3) is 6.43 Å². The van der Waals surface area contributed by atoms with Crippen molar-refractivity contribution < 1.29 is 18.3 Å². The number of anilines is 4. The van der Waals surface area contributed by atoms with Crippen LogP contribution < -0.4 is 15.5 Å². The van der Waals surface area contributed by atoms with Crippen molar-refractivity contribution in [2.75, 3.05) is 75.0 Å². The van der Waals surface area contributed by atoms with Crippen molar-refractivity contribution in [2.24, 2.45) is 0 Å². The molecule has 2 aliphatic rings. The molecule has 2 aromatic rings. The summed E-state index contributed by atoms with van der Waals surface area (Å²) < 4.78 is 32.2. The number of likely N-dealkylation sites (N-methyl/N-ethyl adjacent to an activating group) is 1. The van der Waals surface area contributed by atoms with E-state index in [9.17, 15) is 13.6 Å². The third kappa shape index (κ3) is 6.51. The van der Waals surface area contributed by atoms with Crippen LogP contribution in [0.3, 0.4) is 0 Å². The Bertz CT molecular complexity index is 1030. The largest absolute Gasteiger partial charge is 0.449 e. The molecule has 9 nitrogen and oxygen atoms in total. The maximum atomic E-state index is 13.6. The zero-order valence-corrected chi connectivity index (χ0v) is 21.0. The third-order valence-electron chi connectivity index (χ3n) is 6.59. The summed E-state index contributed by atoms with van der Waals surface area (Å²) in [4.78, 5) is 26.6. The molecule has 1 aromatic heterocycles. The van der Waals surface area contributed by atoms with Gasteiger partial charge in [-0.05, 0) is 50.1 Å². The molecule has 0 spiro atoms. The lowest BCUT2D eigenvalue weighted by Crippen LogP contribution is -2.44. The summed E-state index contributed by atoms with van der Waals surface area (Å²) in [5.41, 5.74) is 2.89. The molecule has 0 unspecified atom stereocenters. The first-order valence-electron chi connectivity index (χ1n) is 12.6. The Morgan fingerprint density at radius 2 is 1.97 bits per heavy atom. The average molecular weight is 504 g/mol. The first-order valence-corrected chi connectivity index (χ1v) is 12.6. The van der Waals surface area contributed by atoms with E-state index in [4.69, 9.17) is 4.74 Å². The lowest BCUT2D eigenvalue weighted by molar-refractivity contribution is 0.0729. The average Bonchev–Trinajstić information content (AvgIpc) is 2.88. The standard InChI is InChI=1S/C25H35F2N7O2/c1-3-18-16-19(33-13-11-32(2)12-14-33)6-7-21(18)30-24-29-17-20(22(26)27)23(31-24)28-8-4-9-34-10-5-15-36-25(34)35/h6-7,16-17,22H,3-5,8-15H2,1-2H3,(H2,28,29,30,31). The number of halogens is 2. The van der Waals surface area contributed by atoms with E-state index in [1.54, 1.807) is 4.90 Å². The summed E-state index contributed by atoms with van der Waals surface area (Å²) in [7, 11) is 2.13. The number of piperazine rings is 1. The summed E-state index contributed by atoms with van der Waals surface area (Å²) in [6.45, 7) is 8.09. The lowest BCUT2D eigenvalue weighted by atomic mass is 10.1. The number of hydrogen-bond donors (Lipinski definition) is 2. The molecular formula is C25H35F2N7O2. The number of amides is 1. The van der Waals surface area contributed by atoms with Gasteiger partial charge in [0.15, 0.2) is 0 Å². The zero-order valence-electron chi connectivity index (χ0n) is 21.0. The Hall–Kier alpha value is -3.21. The van der Waals surface area contributed by atoms with Crippen molar-refractivity contribution in [3.63, 3.8) is 0 Å². The Kier molecular flexibility index (Phi) is 8.74. The van der Waals surface area contributed by atoms with Crippen molar-refractivity contribution in [2.45, 2.75) is 32.6 Å². The number of alkyl halides is 2. The predicted octanol–water partition coefficient (Wildman–Crippen LogP) is 4.12. The minimum atomic E-state index is -2.70. The molecule has 1 amide bonds. The molecule has 4 rings (SSSR count). The van der Waals surface area contributed by atoms with Crippen LogP contribution in [0, 0.1) is 0 Å². The normalized spacial score (nSPS) is 16.9. The van der Waals surface area contributed by atoms with Crippen molar-refractivity contribution >= 4 is 29.2 Å². The van der Waals surface area contributed by atoms with Crippen LogP contribution in [0.4, 0.5) is 36.7 Å². The molecule has 0 saturated carbocycles. The second-order valence-corrected chi connectivity index (χ2v) is 9.14. The number of carbonyl (C=O) groups is 1. The van der Waals surface area contributed by atoms with Gasteiger partial charge in [-0.3, -0.25) is 0 Å². The first kappa shape index (κ1) is 25.9. The number of benzene rings is 1. The Balaban J connectivity index is 1.41. The van der Waals surface area contributed by atoms with Crippen LogP contribution in [0.2, 0.25) is 0 Å². The predicted molar refractivity (Wildman–Crippen MR) is 136 cm³/mol. The Morgan fingerprint density at radius 1 is 1.17 bits per heavy atom. The van der Waals surface area contributed by atoms with Crippen LogP contribution in [0.1, 0.15) is 37.3 Å². The van der Waals surface area contributed by atoms with Gasteiger partial charge < -0.3 is 30.1 Å². The van der Waals surface area contributed by atoms with E-state index in [0.717, 1.165) is 56.5 Å². The van der Waals surface area contributed by atoms with Gasteiger partial charge >= 0.3 is 6.09 Å². The minimum absolute atomic E-state index is 0.0934. The topological polar surface area (TPSA) is 85.9 Å². The van der Waals surface area contributed by atoms with Crippen LogP contribution in [-0.4, -0.2) is 85.3 Å². The smallest absolute Gasteiger partial charge is 0.409 e. The molecule has 196 valence electrons. The Morgan fingerprint density at radius 3 is 2.69 bits per heavy atom. The number of aromatic nitrogens is 2. The van der Waals surface area contributed by atoms with E-state index >= 15 is 0 Å². The second-order valence-electron chi connectivity index (χ2n) is 9.14. The number of ether oxygens (including phenoxy) is 1. The fraction of sp³-hybridized carbons (Fsp3) is 0.560. The van der Waals surface area contributed by atoms with Crippen molar-refractivity contribution in [1.29, 1.82) is 0 Å². The highest BCUT2D eigenvalue weighted by atomic mass is 19.3. The summed E-state index contributed by atoms with van der Waals surface area (Å²) in [6, 6.07) is 6.25. The minimum Gasteiger partial charge on any atom is -0.449 e. The fourth-order valence-corrected chi connectivity index (χ4v) is 4.41. The summed E-state index contributed by atoms with van der Waals surface area (Å²) in [5.74, 6) is 0.347. The van der Waals surface area contributed by atoms with Crippen LogP contribution in [0.25, 0.3) is 0 Å². The number of hydrogen-bond acceptors (Lipinski definition) is 8. The molecule has 2 fully saturated rings. The molecular weight excluding hydrogens is 468 g/mol. The monoisotopic (exact) mass is 503 g/mol. The molecule has 3 heterocycles. The van der Waals surface area contributed by atoms with E-state index in [2.05, 4.69) is 56.5 Å². The molecule has 36 heavy (non-hydrogen) atoms. The number of nitrogens with one attached hydrogen (secondary N) is 2. The number of cyclic esters (lactones) is 1. The zero-order chi connectivity index (χ0) is 25.5. The highest BCUT2D eigenvalue weighted by Crippen LogP contribution is 2.29. The SMILES string of the molecule is CCc1cc(N2CCN(C)CC2)ccc1Nc1ncc(C(F)F)c(NCCCN2CCCOC2=O)n1.